The molecule has 1 aliphatic heterocycles. The van der Waals surface area contributed by atoms with Gasteiger partial charge in [-0.1, -0.05) is 12.1 Å². The van der Waals surface area contributed by atoms with Gasteiger partial charge in [0, 0.05) is 24.3 Å². The van der Waals surface area contributed by atoms with Crippen LogP contribution in [0.4, 0.5) is 10.1 Å². The molecule has 1 aromatic carbocycles. The van der Waals surface area contributed by atoms with Crippen molar-refractivity contribution in [2.45, 2.75) is 19.4 Å². The molecular formula is C13H18FN3O2. The van der Waals surface area contributed by atoms with Crippen LogP contribution in [0.25, 0.3) is 0 Å². The molecule has 104 valence electrons. The lowest BCUT2D eigenvalue weighted by Crippen LogP contribution is -2.43. The molecule has 0 bridgehead atoms. The third-order valence-electron chi connectivity index (χ3n) is 3.28. The van der Waals surface area contributed by atoms with E-state index < -0.39 is 5.82 Å². The maximum absolute atomic E-state index is 13.3. The van der Waals surface area contributed by atoms with Crippen LogP contribution in [0.1, 0.15) is 18.9 Å². The summed E-state index contributed by atoms with van der Waals surface area (Å²) in [5.41, 5.74) is 6.78. The van der Waals surface area contributed by atoms with Crippen LogP contribution in [0, 0.1) is 5.82 Å². The fourth-order valence-corrected chi connectivity index (χ4v) is 2.23. The molecule has 1 heterocycles. The van der Waals surface area contributed by atoms with Gasteiger partial charge in [0.2, 0.25) is 0 Å². The lowest BCUT2D eigenvalue weighted by molar-refractivity contribution is 0.0384. The zero-order valence-corrected chi connectivity index (χ0v) is 10.8. The van der Waals surface area contributed by atoms with Gasteiger partial charge in [-0.25, -0.2) is 4.39 Å². The molecule has 0 aromatic heterocycles. The summed E-state index contributed by atoms with van der Waals surface area (Å²) in [7, 11) is 0. The highest BCUT2D eigenvalue weighted by molar-refractivity contribution is 6.02. The van der Waals surface area contributed by atoms with Crippen LogP contribution in [-0.4, -0.2) is 36.8 Å². The SMILES string of the molecule is CCC1CN(c2ccc(F)cc2C(N)=NO)CCO1. The minimum absolute atomic E-state index is 0.0889. The molecule has 1 fully saturated rings. The minimum Gasteiger partial charge on any atom is -0.409 e. The topological polar surface area (TPSA) is 71.1 Å². The molecule has 1 saturated heterocycles. The van der Waals surface area contributed by atoms with E-state index in [1.54, 1.807) is 6.07 Å². The zero-order valence-electron chi connectivity index (χ0n) is 10.8. The van der Waals surface area contributed by atoms with Gasteiger partial charge in [-0.3, -0.25) is 0 Å². The van der Waals surface area contributed by atoms with Crippen molar-refractivity contribution in [3.63, 3.8) is 0 Å². The summed E-state index contributed by atoms with van der Waals surface area (Å²) in [4.78, 5) is 2.07. The van der Waals surface area contributed by atoms with E-state index in [2.05, 4.69) is 17.0 Å². The summed E-state index contributed by atoms with van der Waals surface area (Å²) in [5.74, 6) is -0.500. The normalized spacial score (nSPS) is 20.6. The molecular weight excluding hydrogens is 249 g/mol. The maximum atomic E-state index is 13.3. The average molecular weight is 267 g/mol. The minimum atomic E-state index is -0.411. The first kappa shape index (κ1) is 13.6. The Morgan fingerprint density at radius 1 is 1.63 bits per heavy atom. The van der Waals surface area contributed by atoms with Gasteiger partial charge in [-0.05, 0) is 24.6 Å². The molecule has 0 radical (unpaired) electrons. The summed E-state index contributed by atoms with van der Waals surface area (Å²) >= 11 is 0. The molecule has 19 heavy (non-hydrogen) atoms. The Labute approximate surface area is 111 Å². The summed E-state index contributed by atoms with van der Waals surface area (Å²) in [5, 5.41) is 11.8. The van der Waals surface area contributed by atoms with E-state index in [9.17, 15) is 4.39 Å². The standard InChI is InChI=1S/C13H18FN3O2/c1-2-10-8-17(5-6-19-10)12-4-3-9(14)7-11(12)13(15)16-18/h3-4,7,10,18H,2,5-6,8H2,1H3,(H2,15,16). The molecule has 1 unspecified atom stereocenters. The number of nitrogens with zero attached hydrogens (tertiary/aromatic N) is 2. The summed E-state index contributed by atoms with van der Waals surface area (Å²) in [6, 6.07) is 4.31. The number of ether oxygens (including phenoxy) is 1. The van der Waals surface area contributed by atoms with Crippen molar-refractivity contribution in [3.05, 3.63) is 29.6 Å². The predicted molar refractivity (Wildman–Crippen MR) is 71.2 cm³/mol. The van der Waals surface area contributed by atoms with Crippen LogP contribution < -0.4 is 10.6 Å². The molecule has 0 amide bonds. The van der Waals surface area contributed by atoms with Crippen LogP contribution >= 0.6 is 0 Å². The first-order valence-corrected chi connectivity index (χ1v) is 6.29. The van der Waals surface area contributed by atoms with E-state index in [1.165, 1.54) is 12.1 Å². The number of rotatable bonds is 3. The summed E-state index contributed by atoms with van der Waals surface area (Å²) < 4.78 is 18.9. The average Bonchev–Trinajstić information content (AvgIpc) is 2.46. The van der Waals surface area contributed by atoms with Gasteiger partial charge in [0.25, 0.3) is 0 Å². The molecule has 1 aromatic rings. The highest BCUT2D eigenvalue weighted by Crippen LogP contribution is 2.24. The number of morpholine rings is 1. The van der Waals surface area contributed by atoms with Gasteiger partial charge in [-0.2, -0.15) is 0 Å². The Hall–Kier alpha value is -1.82. The predicted octanol–water partition coefficient (Wildman–Crippen LogP) is 1.54. The molecule has 5 nitrogen and oxygen atoms in total. The quantitative estimate of drug-likeness (QED) is 0.377. The molecule has 1 aliphatic rings. The number of hydrogen-bond acceptors (Lipinski definition) is 4. The van der Waals surface area contributed by atoms with E-state index >= 15 is 0 Å². The van der Waals surface area contributed by atoms with Crippen molar-refractivity contribution in [1.29, 1.82) is 0 Å². The smallest absolute Gasteiger partial charge is 0.172 e. The maximum Gasteiger partial charge on any atom is 0.172 e. The highest BCUT2D eigenvalue weighted by atomic mass is 19.1. The third kappa shape index (κ3) is 2.96. The van der Waals surface area contributed by atoms with Crippen molar-refractivity contribution in [2.24, 2.45) is 10.9 Å². The molecule has 1 atom stereocenters. The number of oxime groups is 1. The van der Waals surface area contributed by atoms with E-state index in [1.807, 2.05) is 0 Å². The molecule has 2 rings (SSSR count). The number of anilines is 1. The van der Waals surface area contributed by atoms with Gasteiger partial charge in [0.15, 0.2) is 5.84 Å². The third-order valence-corrected chi connectivity index (χ3v) is 3.28. The first-order valence-electron chi connectivity index (χ1n) is 6.29. The van der Waals surface area contributed by atoms with Crippen LogP contribution in [-0.2, 0) is 4.74 Å². The van der Waals surface area contributed by atoms with Gasteiger partial charge >= 0.3 is 0 Å². The summed E-state index contributed by atoms with van der Waals surface area (Å²) in [6.07, 6.45) is 1.07. The van der Waals surface area contributed by atoms with E-state index in [0.29, 0.717) is 25.3 Å². The van der Waals surface area contributed by atoms with Gasteiger partial charge in [0.05, 0.1) is 12.7 Å². The van der Waals surface area contributed by atoms with Crippen molar-refractivity contribution >= 4 is 11.5 Å². The van der Waals surface area contributed by atoms with E-state index in [-0.39, 0.29) is 11.9 Å². The second-order valence-electron chi connectivity index (χ2n) is 4.49. The Morgan fingerprint density at radius 2 is 2.42 bits per heavy atom. The van der Waals surface area contributed by atoms with Crippen LogP contribution in [0.3, 0.4) is 0 Å². The van der Waals surface area contributed by atoms with Crippen LogP contribution in [0.2, 0.25) is 0 Å². The van der Waals surface area contributed by atoms with Gasteiger partial charge in [-0.15, -0.1) is 0 Å². The molecule has 6 heteroatoms. The van der Waals surface area contributed by atoms with Gasteiger partial charge in [0.1, 0.15) is 5.82 Å². The zero-order chi connectivity index (χ0) is 13.8. The monoisotopic (exact) mass is 267 g/mol. The van der Waals surface area contributed by atoms with E-state index in [4.69, 9.17) is 15.7 Å². The van der Waals surface area contributed by atoms with Crippen LogP contribution in [0.15, 0.2) is 23.4 Å². The van der Waals surface area contributed by atoms with Crippen LogP contribution in [0.5, 0.6) is 0 Å². The number of halogens is 1. The fraction of sp³-hybridized carbons (Fsp3) is 0.462. The van der Waals surface area contributed by atoms with Crippen molar-refractivity contribution in [2.75, 3.05) is 24.6 Å². The number of amidine groups is 1. The number of hydrogen-bond donors (Lipinski definition) is 2. The highest BCUT2D eigenvalue weighted by Gasteiger charge is 2.22. The van der Waals surface area contributed by atoms with Crippen molar-refractivity contribution in [1.82, 2.24) is 0 Å². The fourth-order valence-electron chi connectivity index (χ4n) is 2.23. The van der Waals surface area contributed by atoms with E-state index in [0.717, 1.165) is 12.1 Å². The lowest BCUT2D eigenvalue weighted by Gasteiger charge is -2.35. The largest absolute Gasteiger partial charge is 0.409 e. The van der Waals surface area contributed by atoms with Gasteiger partial charge < -0.3 is 20.6 Å². The first-order chi connectivity index (χ1) is 9.15. The molecule has 0 spiro atoms. The second kappa shape index (κ2) is 5.88. The molecule has 0 aliphatic carbocycles. The number of nitrogens with two attached hydrogens (primary N) is 1. The molecule has 3 N–H and O–H groups in total. The number of benzene rings is 1. The molecule has 0 saturated carbocycles. The lowest BCUT2D eigenvalue weighted by atomic mass is 10.1. The second-order valence-corrected chi connectivity index (χ2v) is 4.49. The Kier molecular flexibility index (Phi) is 4.21. The van der Waals surface area contributed by atoms with Crippen molar-refractivity contribution < 1.29 is 14.3 Å². The Bertz CT molecular complexity index is 479. The Morgan fingerprint density at radius 3 is 3.11 bits per heavy atom. The van der Waals surface area contributed by atoms with Crippen molar-refractivity contribution in [3.8, 4) is 0 Å². The Balaban J connectivity index is 2.33. The summed E-state index contributed by atoms with van der Waals surface area (Å²) in [6.45, 7) is 4.09.